The topological polar surface area (TPSA) is 75.1 Å². The van der Waals surface area contributed by atoms with Crippen molar-refractivity contribution in [3.05, 3.63) is 39.4 Å². The molecule has 0 bridgehead atoms. The van der Waals surface area contributed by atoms with Crippen molar-refractivity contribution in [2.45, 2.75) is 45.2 Å². The summed E-state index contributed by atoms with van der Waals surface area (Å²) in [6.45, 7) is 5.31. The summed E-state index contributed by atoms with van der Waals surface area (Å²) in [5.74, 6) is -0.00150. The van der Waals surface area contributed by atoms with Crippen molar-refractivity contribution in [1.29, 1.82) is 5.26 Å². The SMILES string of the molecule is Cc1c(N2CCC([C@H](C)N)C2)c(F)cc2c(C#N)cc(=O)n(C3CC3)c12. The van der Waals surface area contributed by atoms with E-state index in [1.807, 2.05) is 18.7 Å². The highest BCUT2D eigenvalue weighted by Gasteiger charge is 2.32. The quantitative estimate of drug-likeness (QED) is 0.920. The van der Waals surface area contributed by atoms with Gasteiger partial charge in [0.1, 0.15) is 11.9 Å². The van der Waals surface area contributed by atoms with Crippen LogP contribution in [0.4, 0.5) is 10.1 Å². The fourth-order valence-electron chi connectivity index (χ4n) is 4.25. The number of benzene rings is 1. The number of anilines is 1. The molecule has 136 valence electrons. The number of hydrogen-bond donors (Lipinski definition) is 1. The zero-order valence-electron chi connectivity index (χ0n) is 15.1. The molecular formula is C20H23FN4O. The van der Waals surface area contributed by atoms with Crippen LogP contribution in [0.15, 0.2) is 16.9 Å². The number of nitrogens with two attached hydrogens (primary N) is 1. The molecule has 4 rings (SSSR count). The summed E-state index contributed by atoms with van der Waals surface area (Å²) in [7, 11) is 0. The van der Waals surface area contributed by atoms with Crippen molar-refractivity contribution in [3.63, 3.8) is 0 Å². The Morgan fingerprint density at radius 1 is 1.35 bits per heavy atom. The first-order chi connectivity index (χ1) is 12.4. The number of hydrogen-bond acceptors (Lipinski definition) is 4. The van der Waals surface area contributed by atoms with Gasteiger partial charge in [0.05, 0.1) is 16.8 Å². The molecule has 6 heteroatoms. The van der Waals surface area contributed by atoms with E-state index in [0.29, 0.717) is 29.1 Å². The average Bonchev–Trinajstić information content (AvgIpc) is 3.31. The summed E-state index contributed by atoms with van der Waals surface area (Å²) in [6, 6.07) is 5.04. The first kappa shape index (κ1) is 17.0. The van der Waals surface area contributed by atoms with Gasteiger partial charge in [0, 0.05) is 36.6 Å². The van der Waals surface area contributed by atoms with E-state index in [1.165, 1.54) is 12.1 Å². The van der Waals surface area contributed by atoms with Crippen LogP contribution in [-0.4, -0.2) is 23.7 Å². The summed E-state index contributed by atoms with van der Waals surface area (Å²) >= 11 is 0. The summed E-state index contributed by atoms with van der Waals surface area (Å²) in [5, 5.41) is 9.95. The van der Waals surface area contributed by atoms with Gasteiger partial charge in [-0.3, -0.25) is 4.79 Å². The van der Waals surface area contributed by atoms with Gasteiger partial charge in [0.15, 0.2) is 0 Å². The minimum atomic E-state index is -0.335. The summed E-state index contributed by atoms with van der Waals surface area (Å²) < 4.78 is 16.8. The Morgan fingerprint density at radius 2 is 2.08 bits per heavy atom. The van der Waals surface area contributed by atoms with Crippen molar-refractivity contribution in [2.24, 2.45) is 11.7 Å². The summed E-state index contributed by atoms with van der Waals surface area (Å²) in [6.07, 6.45) is 2.83. The lowest BCUT2D eigenvalue weighted by atomic mass is 10.0. The number of aryl methyl sites for hydroxylation is 1. The Hall–Kier alpha value is -2.39. The minimum absolute atomic E-state index is 0.0682. The van der Waals surface area contributed by atoms with Crippen molar-refractivity contribution in [1.82, 2.24) is 4.57 Å². The first-order valence-corrected chi connectivity index (χ1v) is 9.21. The molecule has 1 aliphatic carbocycles. The Labute approximate surface area is 151 Å². The van der Waals surface area contributed by atoms with E-state index in [4.69, 9.17) is 5.73 Å². The molecule has 1 saturated heterocycles. The maximum absolute atomic E-state index is 15.1. The average molecular weight is 354 g/mol. The van der Waals surface area contributed by atoms with Crippen LogP contribution in [-0.2, 0) is 0 Å². The molecule has 0 amide bonds. The molecule has 1 saturated carbocycles. The van der Waals surface area contributed by atoms with Gasteiger partial charge < -0.3 is 15.2 Å². The lowest BCUT2D eigenvalue weighted by Crippen LogP contribution is -2.30. The van der Waals surface area contributed by atoms with Crippen LogP contribution in [0.2, 0.25) is 0 Å². The van der Waals surface area contributed by atoms with Crippen LogP contribution >= 0.6 is 0 Å². The third-order valence-electron chi connectivity index (χ3n) is 5.82. The van der Waals surface area contributed by atoms with Crippen molar-refractivity contribution in [2.75, 3.05) is 18.0 Å². The van der Waals surface area contributed by atoms with Gasteiger partial charge in [0.2, 0.25) is 0 Å². The molecule has 1 aromatic heterocycles. The van der Waals surface area contributed by atoms with E-state index >= 15 is 4.39 Å². The maximum atomic E-state index is 15.1. The van der Waals surface area contributed by atoms with Crippen LogP contribution in [0.3, 0.4) is 0 Å². The zero-order valence-corrected chi connectivity index (χ0v) is 15.1. The van der Waals surface area contributed by atoms with Crippen molar-refractivity contribution >= 4 is 16.6 Å². The van der Waals surface area contributed by atoms with E-state index in [1.54, 1.807) is 4.57 Å². The third kappa shape index (κ3) is 2.58. The number of fused-ring (bicyclic) bond motifs is 1. The molecule has 1 aromatic carbocycles. The van der Waals surface area contributed by atoms with E-state index < -0.39 is 0 Å². The molecule has 2 atom stereocenters. The molecule has 2 aliphatic rings. The number of nitrogens with zero attached hydrogens (tertiary/aromatic N) is 3. The number of pyridine rings is 1. The molecule has 2 heterocycles. The Bertz CT molecular complexity index is 984. The van der Waals surface area contributed by atoms with Crippen LogP contribution in [0.25, 0.3) is 10.9 Å². The predicted molar refractivity (Wildman–Crippen MR) is 99.9 cm³/mol. The smallest absolute Gasteiger partial charge is 0.252 e. The molecule has 1 aliphatic heterocycles. The highest BCUT2D eigenvalue weighted by molar-refractivity contribution is 5.92. The molecule has 2 N–H and O–H groups in total. The number of rotatable bonds is 3. The molecule has 2 fully saturated rings. The number of aromatic nitrogens is 1. The highest BCUT2D eigenvalue weighted by atomic mass is 19.1. The van der Waals surface area contributed by atoms with Gasteiger partial charge in [-0.1, -0.05) is 0 Å². The standard InChI is InChI=1S/C20H23FN4O/c1-11-19-16(14(9-22)7-18(26)25(19)15-3-4-15)8-17(21)20(11)24-6-5-13(10-24)12(2)23/h7-8,12-13,15H,3-6,10,23H2,1-2H3/t12-,13?/m0/s1. The summed E-state index contributed by atoms with van der Waals surface area (Å²) in [4.78, 5) is 14.6. The molecule has 0 radical (unpaired) electrons. The van der Waals surface area contributed by atoms with Crippen LogP contribution < -0.4 is 16.2 Å². The second-order valence-electron chi connectivity index (χ2n) is 7.69. The van der Waals surface area contributed by atoms with E-state index in [9.17, 15) is 10.1 Å². The lowest BCUT2D eigenvalue weighted by Gasteiger charge is -2.25. The van der Waals surface area contributed by atoms with E-state index in [2.05, 4.69) is 6.07 Å². The molecular weight excluding hydrogens is 331 g/mol. The van der Waals surface area contributed by atoms with Gasteiger partial charge in [-0.05, 0) is 50.7 Å². The largest absolute Gasteiger partial charge is 0.369 e. The second-order valence-corrected chi connectivity index (χ2v) is 7.69. The maximum Gasteiger partial charge on any atom is 0.252 e. The molecule has 0 spiro atoms. The van der Waals surface area contributed by atoms with E-state index in [0.717, 1.165) is 31.4 Å². The van der Waals surface area contributed by atoms with Crippen molar-refractivity contribution < 1.29 is 4.39 Å². The highest BCUT2D eigenvalue weighted by Crippen LogP contribution is 2.40. The number of halogens is 1. The van der Waals surface area contributed by atoms with E-state index in [-0.39, 0.29) is 29.0 Å². The van der Waals surface area contributed by atoms with Gasteiger partial charge in [0.25, 0.3) is 5.56 Å². The van der Waals surface area contributed by atoms with Crippen LogP contribution in [0.5, 0.6) is 0 Å². The first-order valence-electron chi connectivity index (χ1n) is 9.21. The molecule has 26 heavy (non-hydrogen) atoms. The lowest BCUT2D eigenvalue weighted by molar-refractivity contribution is 0.487. The van der Waals surface area contributed by atoms with Crippen LogP contribution in [0.1, 0.15) is 43.4 Å². The second kappa shape index (κ2) is 6.10. The monoisotopic (exact) mass is 354 g/mol. The van der Waals surface area contributed by atoms with Gasteiger partial charge in [-0.2, -0.15) is 5.26 Å². The molecule has 1 unspecified atom stereocenters. The fraction of sp³-hybridized carbons (Fsp3) is 0.500. The van der Waals surface area contributed by atoms with Crippen molar-refractivity contribution in [3.8, 4) is 6.07 Å². The van der Waals surface area contributed by atoms with Gasteiger partial charge in [-0.15, -0.1) is 0 Å². The fourth-order valence-corrected chi connectivity index (χ4v) is 4.25. The molecule has 5 nitrogen and oxygen atoms in total. The van der Waals surface area contributed by atoms with Gasteiger partial charge >= 0.3 is 0 Å². The third-order valence-corrected chi connectivity index (χ3v) is 5.82. The molecule has 2 aromatic rings. The summed E-state index contributed by atoms with van der Waals surface area (Å²) in [5.41, 5.74) is 8.09. The zero-order chi connectivity index (χ0) is 18.6. The Balaban J connectivity index is 1.95. The number of nitriles is 1. The predicted octanol–water partition coefficient (Wildman–Crippen LogP) is 2.83. The minimum Gasteiger partial charge on any atom is -0.369 e. The van der Waals surface area contributed by atoms with Crippen LogP contribution in [0, 0.1) is 30.0 Å². The van der Waals surface area contributed by atoms with Gasteiger partial charge in [-0.25, -0.2) is 4.39 Å². The Kier molecular flexibility index (Phi) is 4.00. The Morgan fingerprint density at radius 3 is 2.65 bits per heavy atom. The normalized spacial score (nSPS) is 21.2.